The maximum absolute atomic E-state index is 9.35. The molecular formula is C11H19NOS. The summed E-state index contributed by atoms with van der Waals surface area (Å²) in [4.78, 5) is 0. The maximum Gasteiger partial charge on any atom is 0.0613 e. The Hall–Kier alpha value is -0.380. The van der Waals surface area contributed by atoms with Gasteiger partial charge in [0.15, 0.2) is 0 Å². The molecule has 14 heavy (non-hydrogen) atoms. The topological polar surface area (TPSA) is 32.3 Å². The van der Waals surface area contributed by atoms with Crippen LogP contribution in [0.5, 0.6) is 0 Å². The standard InChI is InChI=1S/C11H19NOS/c1-3-11(4-2,9-13)12-7-10-5-6-14-8-10/h5-6,8,12-13H,3-4,7,9H2,1-2H3. The molecule has 0 aliphatic rings. The highest BCUT2D eigenvalue weighted by atomic mass is 32.1. The van der Waals surface area contributed by atoms with Crippen LogP contribution in [0.2, 0.25) is 0 Å². The molecule has 1 heterocycles. The van der Waals surface area contributed by atoms with Crippen molar-refractivity contribution in [2.24, 2.45) is 0 Å². The molecule has 1 rings (SSSR count). The molecule has 0 aliphatic carbocycles. The van der Waals surface area contributed by atoms with Crippen molar-refractivity contribution in [3.8, 4) is 0 Å². The Kier molecular flexibility index (Phi) is 4.58. The summed E-state index contributed by atoms with van der Waals surface area (Å²) in [6.45, 7) is 5.29. The minimum atomic E-state index is -0.0953. The van der Waals surface area contributed by atoms with E-state index in [4.69, 9.17) is 0 Å². The average Bonchev–Trinajstić information content (AvgIpc) is 2.74. The minimum Gasteiger partial charge on any atom is -0.394 e. The quantitative estimate of drug-likeness (QED) is 0.760. The molecule has 2 nitrogen and oxygen atoms in total. The summed E-state index contributed by atoms with van der Waals surface area (Å²) >= 11 is 1.71. The number of hydrogen-bond donors (Lipinski definition) is 2. The van der Waals surface area contributed by atoms with Crippen LogP contribution in [0.1, 0.15) is 32.3 Å². The highest BCUT2D eigenvalue weighted by molar-refractivity contribution is 7.07. The van der Waals surface area contributed by atoms with E-state index in [-0.39, 0.29) is 12.1 Å². The Bertz CT molecular complexity index is 234. The molecule has 1 aromatic rings. The van der Waals surface area contributed by atoms with Crippen LogP contribution in [-0.2, 0) is 6.54 Å². The van der Waals surface area contributed by atoms with Crippen molar-refractivity contribution >= 4 is 11.3 Å². The highest BCUT2D eigenvalue weighted by Crippen LogP contribution is 2.15. The third-order valence-corrected chi connectivity index (χ3v) is 3.64. The number of thiophene rings is 1. The predicted molar refractivity (Wildman–Crippen MR) is 61.6 cm³/mol. The monoisotopic (exact) mass is 213 g/mol. The second-order valence-corrected chi connectivity index (χ2v) is 4.41. The van der Waals surface area contributed by atoms with Gasteiger partial charge in [0.25, 0.3) is 0 Å². The van der Waals surface area contributed by atoms with Gasteiger partial charge in [0.05, 0.1) is 6.61 Å². The van der Waals surface area contributed by atoms with E-state index in [1.165, 1.54) is 5.56 Å². The second kappa shape index (κ2) is 5.49. The largest absolute Gasteiger partial charge is 0.394 e. The van der Waals surface area contributed by atoms with Crippen LogP contribution in [0.4, 0.5) is 0 Å². The van der Waals surface area contributed by atoms with Crippen LogP contribution < -0.4 is 5.32 Å². The Labute approximate surface area is 90.0 Å². The first-order valence-corrected chi connectivity index (χ1v) is 6.07. The fourth-order valence-corrected chi connectivity index (χ4v) is 2.13. The van der Waals surface area contributed by atoms with E-state index < -0.39 is 0 Å². The van der Waals surface area contributed by atoms with E-state index >= 15 is 0 Å². The smallest absolute Gasteiger partial charge is 0.0613 e. The average molecular weight is 213 g/mol. The van der Waals surface area contributed by atoms with Crippen LogP contribution in [0.15, 0.2) is 16.8 Å². The van der Waals surface area contributed by atoms with Gasteiger partial charge in [-0.2, -0.15) is 11.3 Å². The number of hydrogen-bond acceptors (Lipinski definition) is 3. The number of aliphatic hydroxyl groups excluding tert-OH is 1. The molecule has 0 aromatic carbocycles. The number of nitrogens with one attached hydrogen (secondary N) is 1. The third-order valence-electron chi connectivity index (χ3n) is 2.90. The number of rotatable bonds is 6. The second-order valence-electron chi connectivity index (χ2n) is 3.63. The molecule has 0 atom stereocenters. The van der Waals surface area contributed by atoms with Gasteiger partial charge in [-0.05, 0) is 35.2 Å². The van der Waals surface area contributed by atoms with Gasteiger partial charge >= 0.3 is 0 Å². The van der Waals surface area contributed by atoms with Crippen LogP contribution in [0.3, 0.4) is 0 Å². The molecule has 0 spiro atoms. The predicted octanol–water partition coefficient (Wildman–Crippen LogP) is 2.39. The molecule has 0 aliphatic heterocycles. The van der Waals surface area contributed by atoms with Crippen molar-refractivity contribution in [2.45, 2.75) is 38.8 Å². The highest BCUT2D eigenvalue weighted by Gasteiger charge is 2.23. The third kappa shape index (κ3) is 2.80. The summed E-state index contributed by atoms with van der Waals surface area (Å²) in [5.74, 6) is 0. The van der Waals surface area contributed by atoms with Gasteiger partial charge in [-0.1, -0.05) is 13.8 Å². The van der Waals surface area contributed by atoms with Crippen molar-refractivity contribution in [1.82, 2.24) is 5.32 Å². The lowest BCUT2D eigenvalue weighted by molar-refractivity contribution is 0.149. The Morgan fingerprint density at radius 2 is 2.14 bits per heavy atom. The van der Waals surface area contributed by atoms with Crippen LogP contribution in [0, 0.1) is 0 Å². The number of aliphatic hydroxyl groups is 1. The van der Waals surface area contributed by atoms with Gasteiger partial charge in [-0.15, -0.1) is 0 Å². The fourth-order valence-electron chi connectivity index (χ4n) is 1.46. The molecule has 0 bridgehead atoms. The van der Waals surface area contributed by atoms with E-state index in [0.29, 0.717) is 0 Å². The van der Waals surface area contributed by atoms with Crippen molar-refractivity contribution in [3.05, 3.63) is 22.4 Å². The van der Waals surface area contributed by atoms with E-state index in [2.05, 4.69) is 36.0 Å². The first kappa shape index (κ1) is 11.7. The van der Waals surface area contributed by atoms with E-state index in [1.54, 1.807) is 11.3 Å². The van der Waals surface area contributed by atoms with Gasteiger partial charge < -0.3 is 10.4 Å². The van der Waals surface area contributed by atoms with E-state index in [1.807, 2.05) is 0 Å². The van der Waals surface area contributed by atoms with Crippen LogP contribution in [0.25, 0.3) is 0 Å². The van der Waals surface area contributed by atoms with Gasteiger partial charge in [-0.25, -0.2) is 0 Å². The van der Waals surface area contributed by atoms with Crippen molar-refractivity contribution in [3.63, 3.8) is 0 Å². The summed E-state index contributed by atoms with van der Waals surface area (Å²) in [5.41, 5.74) is 1.21. The van der Waals surface area contributed by atoms with Gasteiger partial charge in [-0.3, -0.25) is 0 Å². The van der Waals surface area contributed by atoms with Crippen molar-refractivity contribution in [2.75, 3.05) is 6.61 Å². The first-order chi connectivity index (χ1) is 6.76. The van der Waals surface area contributed by atoms with Gasteiger partial charge in [0.1, 0.15) is 0 Å². The maximum atomic E-state index is 9.35. The van der Waals surface area contributed by atoms with Gasteiger partial charge in [0, 0.05) is 12.1 Å². The SMILES string of the molecule is CCC(CC)(CO)NCc1ccsc1. The zero-order chi connectivity index (χ0) is 10.4. The van der Waals surface area contributed by atoms with E-state index in [9.17, 15) is 5.11 Å². The zero-order valence-corrected chi connectivity index (χ0v) is 9.73. The summed E-state index contributed by atoms with van der Waals surface area (Å²) in [7, 11) is 0. The normalized spacial score (nSPS) is 11.9. The molecule has 0 unspecified atom stereocenters. The van der Waals surface area contributed by atoms with Crippen molar-refractivity contribution in [1.29, 1.82) is 0 Å². The molecule has 0 amide bonds. The van der Waals surface area contributed by atoms with Gasteiger partial charge in [0.2, 0.25) is 0 Å². The molecule has 1 aromatic heterocycles. The Morgan fingerprint density at radius 3 is 2.57 bits per heavy atom. The molecule has 0 saturated carbocycles. The van der Waals surface area contributed by atoms with E-state index in [0.717, 1.165) is 19.4 Å². The molecule has 3 heteroatoms. The molecule has 0 radical (unpaired) electrons. The first-order valence-electron chi connectivity index (χ1n) is 5.13. The summed E-state index contributed by atoms with van der Waals surface area (Å²) in [5, 5.41) is 17.0. The summed E-state index contributed by atoms with van der Waals surface area (Å²) < 4.78 is 0. The minimum absolute atomic E-state index is 0.0953. The molecule has 2 N–H and O–H groups in total. The fraction of sp³-hybridized carbons (Fsp3) is 0.636. The Morgan fingerprint density at radius 1 is 1.43 bits per heavy atom. The van der Waals surface area contributed by atoms with Crippen LogP contribution in [-0.4, -0.2) is 17.3 Å². The zero-order valence-electron chi connectivity index (χ0n) is 8.92. The lowest BCUT2D eigenvalue weighted by atomic mass is 9.94. The Balaban J connectivity index is 2.48. The summed E-state index contributed by atoms with van der Waals surface area (Å²) in [6.07, 6.45) is 1.92. The molecule has 80 valence electrons. The van der Waals surface area contributed by atoms with Crippen molar-refractivity contribution < 1.29 is 5.11 Å². The molecular weight excluding hydrogens is 194 g/mol. The van der Waals surface area contributed by atoms with Crippen LogP contribution >= 0.6 is 11.3 Å². The lowest BCUT2D eigenvalue weighted by Crippen LogP contribution is -2.46. The summed E-state index contributed by atoms with van der Waals surface area (Å²) in [6, 6.07) is 2.12. The molecule has 0 saturated heterocycles. The molecule has 0 fully saturated rings. The lowest BCUT2D eigenvalue weighted by Gasteiger charge is -2.30.